The van der Waals surface area contributed by atoms with E-state index in [2.05, 4.69) is 5.32 Å². The minimum absolute atomic E-state index is 0.00299. The van der Waals surface area contributed by atoms with Crippen molar-refractivity contribution in [3.63, 3.8) is 0 Å². The number of sulfone groups is 1. The maximum Gasteiger partial charge on any atom is 0.244 e. The molecule has 1 fully saturated rings. The fraction of sp³-hybridized carbons (Fsp3) is 0.235. The quantitative estimate of drug-likeness (QED) is 0.848. The van der Waals surface area contributed by atoms with Crippen molar-refractivity contribution >= 4 is 33.2 Å². The van der Waals surface area contributed by atoms with Crippen LogP contribution in [0.3, 0.4) is 0 Å². The van der Waals surface area contributed by atoms with Crippen molar-refractivity contribution in [2.45, 2.75) is 12.5 Å². The summed E-state index contributed by atoms with van der Waals surface area (Å²) in [5.41, 5.74) is 0.530. The molecule has 3 rings (SSSR count). The molecule has 24 heavy (non-hydrogen) atoms. The Labute approximate surface area is 143 Å². The van der Waals surface area contributed by atoms with Gasteiger partial charge in [-0.25, -0.2) is 12.8 Å². The number of benzene rings is 1. The maximum absolute atomic E-state index is 13.8. The molecule has 1 aromatic carbocycles. The summed E-state index contributed by atoms with van der Waals surface area (Å²) >= 11 is 1.38. The third-order valence-electron chi connectivity index (χ3n) is 3.74. The molecule has 0 saturated carbocycles. The van der Waals surface area contributed by atoms with Crippen LogP contribution < -0.4 is 5.32 Å². The third-order valence-corrected chi connectivity index (χ3v) is 6.60. The second kappa shape index (κ2) is 6.86. The monoisotopic (exact) mass is 365 g/mol. The van der Waals surface area contributed by atoms with Crippen molar-refractivity contribution in [1.29, 1.82) is 0 Å². The van der Waals surface area contributed by atoms with Gasteiger partial charge >= 0.3 is 0 Å². The Hall–Kier alpha value is -1.99. The lowest BCUT2D eigenvalue weighted by Gasteiger charge is -2.07. The van der Waals surface area contributed by atoms with Crippen LogP contribution in [-0.4, -0.2) is 31.9 Å². The molecule has 1 aromatic heterocycles. The van der Waals surface area contributed by atoms with E-state index in [9.17, 15) is 17.6 Å². The lowest BCUT2D eigenvalue weighted by molar-refractivity contribution is -0.116. The van der Waals surface area contributed by atoms with E-state index < -0.39 is 9.84 Å². The van der Waals surface area contributed by atoms with Crippen LogP contribution in [0, 0.1) is 5.82 Å². The number of rotatable bonds is 4. The molecular weight excluding hydrogens is 349 g/mol. The molecule has 0 spiro atoms. The SMILES string of the molecule is O=C(/C=C/c1ccc(-c2ccccc2F)s1)NC1CCS(=O)(=O)C1. The van der Waals surface area contributed by atoms with E-state index in [-0.39, 0.29) is 29.3 Å². The Kier molecular flexibility index (Phi) is 4.82. The molecule has 1 amide bonds. The summed E-state index contributed by atoms with van der Waals surface area (Å²) in [5.74, 6) is -0.477. The Bertz CT molecular complexity index is 887. The second-order valence-corrected chi connectivity index (χ2v) is 8.97. The number of carbonyl (C=O) groups is 1. The molecule has 126 valence electrons. The largest absolute Gasteiger partial charge is 0.349 e. The Balaban J connectivity index is 1.63. The Morgan fingerprint density at radius 2 is 2.04 bits per heavy atom. The van der Waals surface area contributed by atoms with Gasteiger partial charge in [0.1, 0.15) is 5.82 Å². The zero-order valence-electron chi connectivity index (χ0n) is 12.7. The predicted molar refractivity (Wildman–Crippen MR) is 93.9 cm³/mol. The first-order valence-corrected chi connectivity index (χ1v) is 10.1. The number of hydrogen-bond acceptors (Lipinski definition) is 4. The normalized spacial score (nSPS) is 19.6. The van der Waals surface area contributed by atoms with Gasteiger partial charge in [0.25, 0.3) is 0 Å². The molecule has 0 radical (unpaired) electrons. The molecule has 4 nitrogen and oxygen atoms in total. The molecule has 2 heterocycles. The van der Waals surface area contributed by atoms with Gasteiger partial charge in [0, 0.05) is 27.4 Å². The van der Waals surface area contributed by atoms with E-state index in [1.807, 2.05) is 12.1 Å². The maximum atomic E-state index is 13.8. The molecule has 1 aliphatic heterocycles. The predicted octanol–water partition coefficient (Wildman–Crippen LogP) is 2.87. The molecule has 1 aliphatic rings. The summed E-state index contributed by atoms with van der Waals surface area (Å²) in [5, 5.41) is 2.69. The van der Waals surface area contributed by atoms with Gasteiger partial charge in [-0.2, -0.15) is 0 Å². The van der Waals surface area contributed by atoms with Crippen LogP contribution in [0.15, 0.2) is 42.5 Å². The summed E-state index contributed by atoms with van der Waals surface area (Å²) in [6.07, 6.45) is 3.48. The third kappa shape index (κ3) is 4.10. The van der Waals surface area contributed by atoms with Crippen molar-refractivity contribution in [3.05, 3.63) is 53.2 Å². The van der Waals surface area contributed by atoms with Gasteiger partial charge in [-0.1, -0.05) is 18.2 Å². The van der Waals surface area contributed by atoms with Crippen molar-refractivity contribution in [2.24, 2.45) is 0 Å². The van der Waals surface area contributed by atoms with Crippen LogP contribution in [0.1, 0.15) is 11.3 Å². The van der Waals surface area contributed by atoms with Gasteiger partial charge in [-0.3, -0.25) is 4.79 Å². The number of amides is 1. The molecule has 1 N–H and O–H groups in total. The van der Waals surface area contributed by atoms with Crippen molar-refractivity contribution in [3.8, 4) is 10.4 Å². The molecule has 2 aromatic rings. The van der Waals surface area contributed by atoms with Crippen molar-refractivity contribution in [1.82, 2.24) is 5.32 Å². The molecule has 0 bridgehead atoms. The van der Waals surface area contributed by atoms with E-state index >= 15 is 0 Å². The highest BCUT2D eigenvalue weighted by atomic mass is 32.2. The first-order valence-electron chi connectivity index (χ1n) is 7.47. The molecular formula is C17H16FNO3S2. The fourth-order valence-corrected chi connectivity index (χ4v) is 5.18. The smallest absolute Gasteiger partial charge is 0.244 e. The van der Waals surface area contributed by atoms with E-state index in [0.29, 0.717) is 12.0 Å². The van der Waals surface area contributed by atoms with E-state index in [0.717, 1.165) is 9.75 Å². The van der Waals surface area contributed by atoms with E-state index in [1.165, 1.54) is 23.5 Å². The van der Waals surface area contributed by atoms with Crippen molar-refractivity contribution in [2.75, 3.05) is 11.5 Å². The van der Waals surface area contributed by atoms with Gasteiger partial charge < -0.3 is 5.32 Å². The Morgan fingerprint density at radius 1 is 1.25 bits per heavy atom. The average molecular weight is 365 g/mol. The highest BCUT2D eigenvalue weighted by molar-refractivity contribution is 7.91. The van der Waals surface area contributed by atoms with Gasteiger partial charge in [0.2, 0.25) is 5.91 Å². The summed E-state index contributed by atoms with van der Waals surface area (Å²) in [6, 6.07) is 9.84. The van der Waals surface area contributed by atoms with Gasteiger partial charge in [-0.05, 0) is 30.7 Å². The van der Waals surface area contributed by atoms with Crippen LogP contribution in [0.5, 0.6) is 0 Å². The Morgan fingerprint density at radius 3 is 2.75 bits per heavy atom. The molecule has 1 saturated heterocycles. The number of thiophene rings is 1. The van der Waals surface area contributed by atoms with Gasteiger partial charge in [0.05, 0.1) is 11.5 Å². The highest BCUT2D eigenvalue weighted by Gasteiger charge is 2.28. The van der Waals surface area contributed by atoms with E-state index in [4.69, 9.17) is 0 Å². The van der Waals surface area contributed by atoms with Crippen LogP contribution in [-0.2, 0) is 14.6 Å². The van der Waals surface area contributed by atoms with Gasteiger partial charge in [-0.15, -0.1) is 11.3 Å². The summed E-state index contributed by atoms with van der Waals surface area (Å²) < 4.78 is 36.5. The lowest BCUT2D eigenvalue weighted by atomic mass is 10.2. The summed E-state index contributed by atoms with van der Waals surface area (Å²) in [7, 11) is -3.01. The highest BCUT2D eigenvalue weighted by Crippen LogP contribution is 2.30. The zero-order valence-corrected chi connectivity index (χ0v) is 14.4. The van der Waals surface area contributed by atoms with Crippen molar-refractivity contribution < 1.29 is 17.6 Å². The van der Waals surface area contributed by atoms with Crippen LogP contribution >= 0.6 is 11.3 Å². The van der Waals surface area contributed by atoms with Crippen LogP contribution in [0.2, 0.25) is 0 Å². The summed E-state index contributed by atoms with van der Waals surface area (Å²) in [4.78, 5) is 13.5. The first kappa shape index (κ1) is 16.9. The standard InChI is InChI=1S/C17H16FNO3S2/c18-15-4-2-1-3-14(15)16-7-5-13(23-16)6-8-17(20)19-12-9-10-24(21,22)11-12/h1-8,12H,9-11H2,(H,19,20)/b8-6+. The topological polar surface area (TPSA) is 63.2 Å². The zero-order chi connectivity index (χ0) is 17.2. The first-order chi connectivity index (χ1) is 11.4. The number of carbonyl (C=O) groups excluding carboxylic acids is 1. The fourth-order valence-electron chi connectivity index (χ4n) is 2.56. The molecule has 7 heteroatoms. The number of hydrogen-bond donors (Lipinski definition) is 1. The number of nitrogens with one attached hydrogen (secondary N) is 1. The molecule has 1 atom stereocenters. The second-order valence-electron chi connectivity index (χ2n) is 5.62. The van der Waals surface area contributed by atoms with Crippen LogP contribution in [0.25, 0.3) is 16.5 Å². The lowest BCUT2D eigenvalue weighted by Crippen LogP contribution is -2.34. The van der Waals surface area contributed by atoms with Gasteiger partial charge in [0.15, 0.2) is 9.84 Å². The minimum atomic E-state index is -3.01. The minimum Gasteiger partial charge on any atom is -0.349 e. The molecule has 0 aliphatic carbocycles. The molecule has 1 unspecified atom stereocenters. The van der Waals surface area contributed by atoms with Crippen LogP contribution in [0.4, 0.5) is 4.39 Å². The van der Waals surface area contributed by atoms with E-state index in [1.54, 1.807) is 24.3 Å². The average Bonchev–Trinajstić information content (AvgIpc) is 3.12. The summed E-state index contributed by atoms with van der Waals surface area (Å²) in [6.45, 7) is 0. The number of halogens is 1.